The van der Waals surface area contributed by atoms with Gasteiger partial charge in [-0.2, -0.15) is 4.99 Å². The third-order valence-electron chi connectivity index (χ3n) is 2.67. The van der Waals surface area contributed by atoms with Crippen LogP contribution < -0.4 is 11.1 Å². The van der Waals surface area contributed by atoms with Gasteiger partial charge in [0, 0.05) is 17.1 Å². The molecule has 1 aliphatic heterocycles. The molecule has 100 valence electrons. The molecule has 1 atom stereocenters. The van der Waals surface area contributed by atoms with Crippen molar-refractivity contribution in [3.05, 3.63) is 28.8 Å². The number of hydrogen-bond acceptors (Lipinski definition) is 4. The molecule has 0 fully saturated rings. The molecule has 2 amide bonds. The van der Waals surface area contributed by atoms with E-state index >= 15 is 0 Å². The van der Waals surface area contributed by atoms with E-state index in [1.54, 1.807) is 18.2 Å². The highest BCUT2D eigenvalue weighted by Crippen LogP contribution is 2.25. The average molecular weight is 298 g/mol. The number of carbonyl (C=O) groups is 2. The summed E-state index contributed by atoms with van der Waals surface area (Å²) < 4.78 is 0. The summed E-state index contributed by atoms with van der Waals surface area (Å²) in [5.74, 6) is -0.624. The van der Waals surface area contributed by atoms with Crippen molar-refractivity contribution in [1.29, 1.82) is 0 Å². The van der Waals surface area contributed by atoms with Crippen molar-refractivity contribution < 1.29 is 9.59 Å². The third kappa shape index (κ3) is 3.27. The van der Waals surface area contributed by atoms with E-state index in [1.165, 1.54) is 0 Å². The van der Waals surface area contributed by atoms with Crippen LogP contribution in [0.2, 0.25) is 5.02 Å². The van der Waals surface area contributed by atoms with Crippen LogP contribution in [0.25, 0.3) is 0 Å². The van der Waals surface area contributed by atoms with Crippen molar-refractivity contribution >= 4 is 46.0 Å². The minimum Gasteiger partial charge on any atom is -0.378 e. The van der Waals surface area contributed by atoms with Crippen LogP contribution in [0.3, 0.4) is 0 Å². The van der Waals surface area contributed by atoms with Crippen molar-refractivity contribution in [2.45, 2.75) is 18.6 Å². The van der Waals surface area contributed by atoms with Crippen LogP contribution in [-0.4, -0.2) is 22.2 Å². The molecule has 0 unspecified atom stereocenters. The normalized spacial score (nSPS) is 18.3. The molecule has 7 heteroatoms. The number of hydrogen-bond donors (Lipinski definition) is 2. The lowest BCUT2D eigenvalue weighted by atomic mass is 10.2. The van der Waals surface area contributed by atoms with Gasteiger partial charge in [0.05, 0.1) is 0 Å². The van der Waals surface area contributed by atoms with Crippen molar-refractivity contribution in [3.63, 3.8) is 0 Å². The topological polar surface area (TPSA) is 84.6 Å². The second-order valence-electron chi connectivity index (χ2n) is 4.06. The third-order valence-corrected chi connectivity index (χ3v) is 4.07. The lowest BCUT2D eigenvalue weighted by Crippen LogP contribution is -2.22. The largest absolute Gasteiger partial charge is 0.378 e. The molecule has 5 nitrogen and oxygen atoms in total. The first-order valence-corrected chi connectivity index (χ1v) is 6.83. The van der Waals surface area contributed by atoms with E-state index in [9.17, 15) is 9.59 Å². The first kappa shape index (κ1) is 13.9. The standard InChI is InChI=1S/C12H12ClN3O2S/c1-6-7(13)3-2-4-8(6)15-10(17)5-9-11(18)16-12(14)19-9/h2-4,9H,5H2,1H3,(H,15,17)(H2,14,16,18)/t9-/m0/s1. The molecule has 19 heavy (non-hydrogen) atoms. The molecular formula is C12H12ClN3O2S. The fourth-order valence-electron chi connectivity index (χ4n) is 1.64. The summed E-state index contributed by atoms with van der Waals surface area (Å²) in [4.78, 5) is 26.9. The number of halogens is 1. The van der Waals surface area contributed by atoms with Gasteiger partial charge < -0.3 is 11.1 Å². The maximum absolute atomic E-state index is 11.9. The van der Waals surface area contributed by atoms with Gasteiger partial charge in [-0.05, 0) is 24.6 Å². The summed E-state index contributed by atoms with van der Waals surface area (Å²) in [6, 6.07) is 5.26. The number of amidine groups is 1. The number of aliphatic imine (C=N–C) groups is 1. The summed E-state index contributed by atoms with van der Waals surface area (Å²) in [5, 5.41) is 2.99. The Hall–Kier alpha value is -1.53. The number of anilines is 1. The maximum Gasteiger partial charge on any atom is 0.262 e. The van der Waals surface area contributed by atoms with Crippen molar-refractivity contribution in [2.24, 2.45) is 10.7 Å². The predicted molar refractivity (Wildman–Crippen MR) is 77.4 cm³/mol. The minimum atomic E-state index is -0.528. The monoisotopic (exact) mass is 297 g/mol. The first-order valence-electron chi connectivity index (χ1n) is 5.57. The molecule has 3 N–H and O–H groups in total. The first-order chi connectivity index (χ1) is 8.97. The summed E-state index contributed by atoms with van der Waals surface area (Å²) >= 11 is 7.08. The number of nitrogens with zero attached hydrogens (tertiary/aromatic N) is 1. The van der Waals surface area contributed by atoms with Crippen LogP contribution in [0.15, 0.2) is 23.2 Å². The summed E-state index contributed by atoms with van der Waals surface area (Å²) in [5.41, 5.74) is 6.86. The molecule has 1 aliphatic rings. The molecule has 0 aromatic heterocycles. The Morgan fingerprint density at radius 3 is 2.95 bits per heavy atom. The van der Waals surface area contributed by atoms with Crippen LogP contribution in [-0.2, 0) is 9.59 Å². The Balaban J connectivity index is 1.99. The summed E-state index contributed by atoms with van der Waals surface area (Å²) in [6.45, 7) is 1.81. The number of carbonyl (C=O) groups excluding carboxylic acids is 2. The van der Waals surface area contributed by atoms with Gasteiger partial charge >= 0.3 is 0 Å². The second-order valence-corrected chi connectivity index (χ2v) is 5.69. The summed E-state index contributed by atoms with van der Waals surface area (Å²) in [7, 11) is 0. The molecule has 0 spiro atoms. The second kappa shape index (κ2) is 5.63. The Morgan fingerprint density at radius 1 is 1.58 bits per heavy atom. The van der Waals surface area contributed by atoms with Crippen molar-refractivity contribution in [2.75, 3.05) is 5.32 Å². The minimum absolute atomic E-state index is 0.0413. The number of amides is 2. The van der Waals surface area contributed by atoms with Gasteiger partial charge in [0.2, 0.25) is 5.91 Å². The van der Waals surface area contributed by atoms with Crippen LogP contribution >= 0.6 is 23.4 Å². The molecule has 1 aromatic carbocycles. The van der Waals surface area contributed by atoms with Gasteiger partial charge in [-0.25, -0.2) is 0 Å². The van der Waals surface area contributed by atoms with Crippen LogP contribution in [0, 0.1) is 6.92 Å². The number of thioether (sulfide) groups is 1. The van der Waals surface area contributed by atoms with E-state index < -0.39 is 5.25 Å². The Morgan fingerprint density at radius 2 is 2.32 bits per heavy atom. The van der Waals surface area contributed by atoms with Gasteiger partial charge in [0.25, 0.3) is 5.91 Å². The average Bonchev–Trinajstić information content (AvgIpc) is 2.64. The quantitative estimate of drug-likeness (QED) is 0.893. The smallest absolute Gasteiger partial charge is 0.262 e. The van der Waals surface area contributed by atoms with Crippen molar-refractivity contribution in [1.82, 2.24) is 0 Å². The fourth-order valence-corrected chi connectivity index (χ4v) is 2.64. The van der Waals surface area contributed by atoms with Crippen LogP contribution in [0.4, 0.5) is 5.69 Å². The molecule has 2 rings (SSSR count). The van der Waals surface area contributed by atoms with Crippen LogP contribution in [0.5, 0.6) is 0 Å². The van der Waals surface area contributed by atoms with Gasteiger partial charge in [-0.1, -0.05) is 29.4 Å². The lowest BCUT2D eigenvalue weighted by Gasteiger charge is -2.10. The highest BCUT2D eigenvalue weighted by Gasteiger charge is 2.29. The number of nitrogens with one attached hydrogen (secondary N) is 1. The zero-order chi connectivity index (χ0) is 14.0. The molecule has 1 heterocycles. The highest BCUT2D eigenvalue weighted by atomic mass is 35.5. The van der Waals surface area contributed by atoms with Gasteiger partial charge in [0.15, 0.2) is 5.17 Å². The molecule has 1 aromatic rings. The summed E-state index contributed by atoms with van der Waals surface area (Å²) in [6.07, 6.45) is 0.0413. The molecule has 0 aliphatic carbocycles. The number of benzene rings is 1. The van der Waals surface area contributed by atoms with E-state index in [1.807, 2.05) is 6.92 Å². The molecule has 0 bridgehead atoms. The van der Waals surface area contributed by atoms with Crippen LogP contribution in [0.1, 0.15) is 12.0 Å². The van der Waals surface area contributed by atoms with Crippen molar-refractivity contribution in [3.8, 4) is 0 Å². The van der Waals surface area contributed by atoms with Gasteiger partial charge in [0.1, 0.15) is 5.25 Å². The molecule has 0 saturated carbocycles. The molecule has 0 radical (unpaired) electrons. The zero-order valence-corrected chi connectivity index (χ0v) is 11.7. The Kier molecular flexibility index (Phi) is 4.11. The van der Waals surface area contributed by atoms with Gasteiger partial charge in [-0.15, -0.1) is 0 Å². The fraction of sp³-hybridized carbons (Fsp3) is 0.250. The Labute approximate surface area is 119 Å². The zero-order valence-electron chi connectivity index (χ0n) is 10.1. The molecular weight excluding hydrogens is 286 g/mol. The van der Waals surface area contributed by atoms with Gasteiger partial charge in [-0.3, -0.25) is 9.59 Å². The van der Waals surface area contributed by atoms with E-state index in [0.717, 1.165) is 17.3 Å². The Bertz CT molecular complexity index is 574. The lowest BCUT2D eigenvalue weighted by molar-refractivity contribution is -0.121. The van der Waals surface area contributed by atoms with E-state index in [4.69, 9.17) is 17.3 Å². The number of rotatable bonds is 3. The molecule has 0 saturated heterocycles. The maximum atomic E-state index is 11.9. The van der Waals surface area contributed by atoms with E-state index in [-0.39, 0.29) is 23.4 Å². The highest BCUT2D eigenvalue weighted by molar-refractivity contribution is 8.15. The SMILES string of the molecule is Cc1c(Cl)cccc1NC(=O)C[C@@H]1SC(N)=NC1=O. The van der Waals surface area contributed by atoms with E-state index in [2.05, 4.69) is 10.3 Å². The number of nitrogens with two attached hydrogens (primary N) is 1. The predicted octanol–water partition coefficient (Wildman–Crippen LogP) is 1.93. The van der Waals surface area contributed by atoms with E-state index in [0.29, 0.717) is 10.7 Å².